The van der Waals surface area contributed by atoms with Crippen molar-refractivity contribution in [2.75, 3.05) is 6.17 Å². The Labute approximate surface area is 134 Å². The Kier molecular flexibility index (Phi) is 4.47. The Morgan fingerprint density at radius 3 is 2.26 bits per heavy atom. The topological polar surface area (TPSA) is 58.6 Å². The predicted molar refractivity (Wildman–Crippen MR) is 84.0 cm³/mol. The molecule has 0 saturated carbocycles. The molecule has 1 unspecified atom stereocenters. The summed E-state index contributed by atoms with van der Waals surface area (Å²) in [5, 5.41) is 2.70. The van der Waals surface area contributed by atoms with Crippen molar-refractivity contribution in [1.82, 2.24) is 10.2 Å². The summed E-state index contributed by atoms with van der Waals surface area (Å²) >= 11 is 0. The second kappa shape index (κ2) is 5.92. The first-order chi connectivity index (χ1) is 10.5. The first kappa shape index (κ1) is 17.4. The third-order valence-electron chi connectivity index (χ3n) is 3.56. The number of alkyl halides is 2. The zero-order valence-corrected chi connectivity index (χ0v) is 14.5. The van der Waals surface area contributed by atoms with Crippen LogP contribution in [0.4, 0.5) is 13.6 Å². The van der Waals surface area contributed by atoms with Crippen molar-refractivity contribution >= 4 is 20.0 Å². The molecule has 1 saturated heterocycles. The van der Waals surface area contributed by atoms with E-state index >= 15 is 0 Å². The fraction of sp³-hybridized carbons (Fsp3) is 0.467. The van der Waals surface area contributed by atoms with E-state index in [0.29, 0.717) is 11.7 Å². The predicted octanol–water partition coefficient (Wildman–Crippen LogP) is 2.93. The van der Waals surface area contributed by atoms with Crippen LogP contribution >= 0.6 is 0 Å². The summed E-state index contributed by atoms with van der Waals surface area (Å²) in [5.74, 6) is -0.324. The van der Waals surface area contributed by atoms with E-state index in [4.69, 9.17) is 0 Å². The molecule has 0 spiro atoms. The van der Waals surface area contributed by atoms with Gasteiger partial charge in [-0.3, -0.25) is 9.69 Å². The number of ether oxygens (including phenoxy) is 1. The first-order valence-corrected chi connectivity index (χ1v) is 10.9. The quantitative estimate of drug-likeness (QED) is 0.661. The summed E-state index contributed by atoms with van der Waals surface area (Å²) < 4.78 is 28.7. The number of carbonyl (C=O) groups excluding carboxylic acids is 2. The van der Waals surface area contributed by atoms with E-state index in [1.54, 1.807) is 6.92 Å². The molecule has 1 heterocycles. The van der Waals surface area contributed by atoms with E-state index in [0.717, 1.165) is 0 Å². The van der Waals surface area contributed by atoms with Crippen LogP contribution in [0.25, 0.3) is 0 Å². The van der Waals surface area contributed by atoms with Gasteiger partial charge in [-0.1, -0.05) is 31.8 Å². The van der Waals surface area contributed by atoms with Gasteiger partial charge in [-0.15, -0.1) is 0 Å². The van der Waals surface area contributed by atoms with Crippen LogP contribution in [0.5, 0.6) is 5.75 Å². The van der Waals surface area contributed by atoms with Crippen LogP contribution in [0.1, 0.15) is 12.5 Å². The molecule has 1 atom stereocenters. The molecule has 1 aliphatic heterocycles. The van der Waals surface area contributed by atoms with Crippen LogP contribution in [-0.2, 0) is 10.3 Å². The first-order valence-electron chi connectivity index (χ1n) is 7.22. The lowest BCUT2D eigenvalue weighted by Gasteiger charge is -2.25. The highest BCUT2D eigenvalue weighted by atomic mass is 28.3. The molecule has 1 fully saturated rings. The molecular formula is C15H20F2N2O3Si. The van der Waals surface area contributed by atoms with Gasteiger partial charge in [-0.2, -0.15) is 8.78 Å². The molecule has 3 amide bonds. The van der Waals surface area contributed by atoms with Gasteiger partial charge in [0.1, 0.15) is 11.3 Å². The maximum Gasteiger partial charge on any atom is 0.387 e. The SMILES string of the molecule is CC1(c2ccc(OC(F)F)cc2)NC(=O)N(C[Si](C)(C)C)C1=O. The standard InChI is InChI=1S/C15H20F2N2O3Si/c1-15(10-5-7-11(8-6-10)22-13(16)17)12(20)19(14(21)18-15)9-23(2,3)4/h5-8,13H,9H2,1-4H3,(H,18,21). The van der Waals surface area contributed by atoms with Gasteiger partial charge in [0, 0.05) is 6.17 Å². The Hall–Kier alpha value is -1.96. The molecule has 23 heavy (non-hydrogen) atoms. The molecule has 1 aliphatic rings. The third kappa shape index (κ3) is 3.69. The average molecular weight is 342 g/mol. The summed E-state index contributed by atoms with van der Waals surface area (Å²) in [6, 6.07) is 5.30. The number of halogens is 2. The highest BCUT2D eigenvalue weighted by Gasteiger charge is 2.49. The molecule has 1 aromatic carbocycles. The van der Waals surface area contributed by atoms with Crippen molar-refractivity contribution in [3.8, 4) is 5.75 Å². The van der Waals surface area contributed by atoms with Gasteiger partial charge in [-0.05, 0) is 24.6 Å². The van der Waals surface area contributed by atoms with E-state index in [2.05, 4.69) is 29.7 Å². The summed E-state index contributed by atoms with van der Waals surface area (Å²) in [4.78, 5) is 26.1. The molecular weight excluding hydrogens is 322 g/mol. The lowest BCUT2D eigenvalue weighted by molar-refractivity contribution is -0.130. The molecule has 1 N–H and O–H groups in total. The van der Waals surface area contributed by atoms with Crippen LogP contribution in [0, 0.1) is 0 Å². The van der Waals surface area contributed by atoms with Crippen molar-refractivity contribution < 1.29 is 23.1 Å². The molecule has 126 valence electrons. The Balaban J connectivity index is 2.25. The van der Waals surface area contributed by atoms with Gasteiger partial charge >= 0.3 is 12.6 Å². The highest BCUT2D eigenvalue weighted by molar-refractivity contribution is 6.76. The van der Waals surface area contributed by atoms with Gasteiger partial charge in [-0.25, -0.2) is 4.79 Å². The Bertz CT molecular complexity index is 616. The fourth-order valence-corrected chi connectivity index (χ4v) is 3.72. The van der Waals surface area contributed by atoms with Crippen LogP contribution in [0.2, 0.25) is 19.6 Å². The summed E-state index contributed by atoms with van der Waals surface area (Å²) in [6.07, 6.45) is 0.430. The maximum atomic E-state index is 12.7. The summed E-state index contributed by atoms with van der Waals surface area (Å²) in [6.45, 7) is 4.91. The molecule has 0 radical (unpaired) electrons. The Morgan fingerprint density at radius 1 is 1.22 bits per heavy atom. The monoisotopic (exact) mass is 342 g/mol. The minimum absolute atomic E-state index is 0.00285. The second-order valence-corrected chi connectivity index (χ2v) is 12.3. The molecule has 0 aromatic heterocycles. The zero-order chi connectivity index (χ0) is 17.4. The van der Waals surface area contributed by atoms with Crippen molar-refractivity contribution in [2.24, 2.45) is 0 Å². The van der Waals surface area contributed by atoms with E-state index < -0.39 is 26.3 Å². The number of nitrogens with one attached hydrogen (secondary N) is 1. The summed E-state index contributed by atoms with van der Waals surface area (Å²) in [5.41, 5.74) is -0.671. The third-order valence-corrected chi connectivity index (χ3v) is 4.83. The van der Waals surface area contributed by atoms with Gasteiger partial charge in [0.15, 0.2) is 0 Å². The van der Waals surface area contributed by atoms with Crippen molar-refractivity contribution in [1.29, 1.82) is 0 Å². The molecule has 2 rings (SSSR count). The van der Waals surface area contributed by atoms with E-state index in [-0.39, 0.29) is 11.7 Å². The van der Waals surface area contributed by atoms with E-state index in [1.165, 1.54) is 29.2 Å². The van der Waals surface area contributed by atoms with Crippen LogP contribution in [-0.4, -0.2) is 37.7 Å². The van der Waals surface area contributed by atoms with Gasteiger partial charge in [0.2, 0.25) is 0 Å². The average Bonchev–Trinajstić information content (AvgIpc) is 2.62. The number of carbonyl (C=O) groups is 2. The number of hydrogen-bond acceptors (Lipinski definition) is 3. The highest BCUT2D eigenvalue weighted by Crippen LogP contribution is 2.30. The van der Waals surface area contributed by atoms with Gasteiger partial charge in [0.05, 0.1) is 8.07 Å². The number of hydrogen-bond donors (Lipinski definition) is 1. The lowest BCUT2D eigenvalue weighted by Crippen LogP contribution is -2.45. The zero-order valence-electron chi connectivity index (χ0n) is 13.5. The van der Waals surface area contributed by atoms with Crippen molar-refractivity contribution in [2.45, 2.75) is 38.7 Å². The molecule has 5 nitrogen and oxygen atoms in total. The lowest BCUT2D eigenvalue weighted by atomic mass is 9.92. The number of rotatable bonds is 5. The van der Waals surface area contributed by atoms with Crippen molar-refractivity contribution in [3.05, 3.63) is 29.8 Å². The van der Waals surface area contributed by atoms with Crippen molar-refractivity contribution in [3.63, 3.8) is 0 Å². The van der Waals surface area contributed by atoms with Crippen LogP contribution in [0.3, 0.4) is 0 Å². The van der Waals surface area contributed by atoms with Crippen LogP contribution < -0.4 is 10.1 Å². The van der Waals surface area contributed by atoms with E-state index in [1.807, 2.05) is 0 Å². The minimum Gasteiger partial charge on any atom is -0.435 e. The number of imide groups is 1. The molecule has 8 heteroatoms. The number of benzene rings is 1. The Morgan fingerprint density at radius 2 is 1.78 bits per heavy atom. The number of urea groups is 1. The van der Waals surface area contributed by atoms with Gasteiger partial charge < -0.3 is 10.1 Å². The van der Waals surface area contributed by atoms with Gasteiger partial charge in [0.25, 0.3) is 5.91 Å². The number of amides is 3. The molecule has 1 aromatic rings. The smallest absolute Gasteiger partial charge is 0.387 e. The number of nitrogens with zero attached hydrogens (tertiary/aromatic N) is 1. The normalized spacial score (nSPS) is 21.8. The molecule has 0 aliphatic carbocycles. The fourth-order valence-electron chi connectivity index (χ4n) is 2.48. The van der Waals surface area contributed by atoms with Crippen LogP contribution in [0.15, 0.2) is 24.3 Å². The second-order valence-electron chi connectivity index (χ2n) is 6.91. The maximum absolute atomic E-state index is 12.7. The molecule has 0 bridgehead atoms. The largest absolute Gasteiger partial charge is 0.435 e. The summed E-state index contributed by atoms with van der Waals surface area (Å²) in [7, 11) is -1.66. The van der Waals surface area contributed by atoms with E-state index in [9.17, 15) is 18.4 Å². The minimum atomic E-state index is -2.91.